The molecule has 7 nitrogen and oxygen atoms in total. The fourth-order valence-corrected chi connectivity index (χ4v) is 2.97. The molecule has 2 aliphatic rings. The van der Waals surface area contributed by atoms with Gasteiger partial charge >= 0.3 is 0 Å². The quantitative estimate of drug-likeness (QED) is 0.837. The summed E-state index contributed by atoms with van der Waals surface area (Å²) in [7, 11) is 0. The molecule has 2 aromatic rings. The molecule has 1 N–H and O–H groups in total. The molecule has 7 heteroatoms. The van der Waals surface area contributed by atoms with Gasteiger partial charge in [0.2, 0.25) is 5.91 Å². The van der Waals surface area contributed by atoms with Gasteiger partial charge in [0.25, 0.3) is 11.8 Å². The summed E-state index contributed by atoms with van der Waals surface area (Å²) in [6, 6.07) is 13.8. The van der Waals surface area contributed by atoms with Crippen molar-refractivity contribution in [1.29, 1.82) is 0 Å². The zero-order valence-electron chi connectivity index (χ0n) is 13.8. The van der Waals surface area contributed by atoms with E-state index in [0.29, 0.717) is 29.2 Å². The highest BCUT2D eigenvalue weighted by Gasteiger charge is 2.36. The van der Waals surface area contributed by atoms with Gasteiger partial charge in [0.1, 0.15) is 19.3 Å². The molecule has 2 aliphatic heterocycles. The summed E-state index contributed by atoms with van der Waals surface area (Å²) in [5.74, 6) is -0.0414. The third-order valence-corrected chi connectivity index (χ3v) is 4.27. The Morgan fingerprint density at radius 1 is 1.00 bits per heavy atom. The van der Waals surface area contributed by atoms with E-state index in [1.54, 1.807) is 30.3 Å². The molecule has 0 bridgehead atoms. The van der Waals surface area contributed by atoms with Crippen LogP contribution in [0.5, 0.6) is 11.5 Å². The van der Waals surface area contributed by atoms with E-state index in [4.69, 9.17) is 9.47 Å². The number of hydrogen-bond acceptors (Lipinski definition) is 5. The largest absolute Gasteiger partial charge is 0.486 e. The van der Waals surface area contributed by atoms with Crippen molar-refractivity contribution in [2.24, 2.45) is 0 Å². The second-order valence-corrected chi connectivity index (χ2v) is 6.04. The maximum Gasteiger partial charge on any atom is 0.262 e. The number of fused-ring (bicyclic) bond motifs is 2. The average molecular weight is 352 g/mol. The number of rotatable bonds is 4. The van der Waals surface area contributed by atoms with Gasteiger partial charge in [-0.15, -0.1) is 0 Å². The van der Waals surface area contributed by atoms with Crippen LogP contribution in [0.2, 0.25) is 0 Å². The van der Waals surface area contributed by atoms with Gasteiger partial charge in [0, 0.05) is 0 Å². The lowest BCUT2D eigenvalue weighted by Gasteiger charge is -2.26. The predicted molar refractivity (Wildman–Crippen MR) is 91.2 cm³/mol. The van der Waals surface area contributed by atoms with Gasteiger partial charge in [-0.2, -0.15) is 0 Å². The molecule has 2 heterocycles. The number of carbonyl (C=O) groups excluding carboxylic acids is 3. The van der Waals surface area contributed by atoms with E-state index in [1.807, 2.05) is 18.2 Å². The summed E-state index contributed by atoms with van der Waals surface area (Å²) in [6.07, 6.45) is -0.337. The topological polar surface area (TPSA) is 84.9 Å². The summed E-state index contributed by atoms with van der Waals surface area (Å²) >= 11 is 0. The molecule has 26 heavy (non-hydrogen) atoms. The first-order chi connectivity index (χ1) is 12.6. The number of para-hydroxylation sites is 2. The van der Waals surface area contributed by atoms with E-state index < -0.39 is 17.7 Å². The second kappa shape index (κ2) is 6.51. The molecule has 2 aromatic carbocycles. The van der Waals surface area contributed by atoms with Crippen LogP contribution in [0.4, 0.5) is 0 Å². The molecule has 0 aromatic heterocycles. The fraction of sp³-hybridized carbons (Fsp3) is 0.211. The predicted octanol–water partition coefficient (Wildman–Crippen LogP) is 1.24. The first-order valence-corrected chi connectivity index (χ1v) is 8.24. The van der Waals surface area contributed by atoms with Crippen LogP contribution in [-0.2, 0) is 4.79 Å². The normalized spacial score (nSPS) is 17.8. The van der Waals surface area contributed by atoms with Crippen molar-refractivity contribution in [2.75, 3.05) is 19.7 Å². The van der Waals surface area contributed by atoms with Gasteiger partial charge in [0.05, 0.1) is 17.7 Å². The van der Waals surface area contributed by atoms with Crippen molar-refractivity contribution in [1.82, 2.24) is 10.2 Å². The van der Waals surface area contributed by atoms with Gasteiger partial charge in [0.15, 0.2) is 11.5 Å². The maximum atomic E-state index is 12.3. The zero-order chi connectivity index (χ0) is 18.1. The number of ether oxygens (including phenoxy) is 2. The Morgan fingerprint density at radius 3 is 2.31 bits per heavy atom. The average Bonchev–Trinajstić information content (AvgIpc) is 2.91. The molecule has 0 spiro atoms. The highest BCUT2D eigenvalue weighted by molar-refractivity contribution is 6.22. The highest BCUT2D eigenvalue weighted by atomic mass is 16.6. The summed E-state index contributed by atoms with van der Waals surface area (Å²) < 4.78 is 11.3. The van der Waals surface area contributed by atoms with Crippen molar-refractivity contribution in [3.8, 4) is 11.5 Å². The van der Waals surface area contributed by atoms with Crippen molar-refractivity contribution >= 4 is 17.7 Å². The maximum absolute atomic E-state index is 12.3. The Bertz CT molecular complexity index is 860. The van der Waals surface area contributed by atoms with Gasteiger partial charge < -0.3 is 14.8 Å². The molecule has 0 saturated carbocycles. The standard InChI is InChI=1S/C19H16N2O5/c22-17(10-21-18(23)13-5-1-2-6-14(13)19(21)24)20-9-12-11-25-15-7-3-4-8-16(15)26-12/h1-8,12H,9-11H2,(H,20,22)/t12-/m1/s1. The van der Waals surface area contributed by atoms with Crippen LogP contribution in [-0.4, -0.2) is 48.4 Å². The first kappa shape index (κ1) is 16.1. The summed E-state index contributed by atoms with van der Waals surface area (Å²) in [4.78, 5) is 37.7. The van der Waals surface area contributed by atoms with E-state index in [-0.39, 0.29) is 19.2 Å². The van der Waals surface area contributed by atoms with Crippen LogP contribution in [0, 0.1) is 0 Å². The number of nitrogens with zero attached hydrogens (tertiary/aromatic N) is 1. The molecule has 0 saturated heterocycles. The Labute approximate surface area is 149 Å². The molecule has 4 rings (SSSR count). The smallest absolute Gasteiger partial charge is 0.262 e. The van der Waals surface area contributed by atoms with Crippen LogP contribution in [0.1, 0.15) is 20.7 Å². The number of hydrogen-bond donors (Lipinski definition) is 1. The SMILES string of the molecule is O=C(CN1C(=O)c2ccccc2C1=O)NC[C@@H]1COc2ccccc2O1. The summed E-state index contributed by atoms with van der Waals surface area (Å²) in [6.45, 7) is 0.206. The molecule has 3 amide bonds. The number of benzene rings is 2. The zero-order valence-corrected chi connectivity index (χ0v) is 13.8. The van der Waals surface area contributed by atoms with E-state index in [9.17, 15) is 14.4 Å². The number of carbonyl (C=O) groups is 3. The highest BCUT2D eigenvalue weighted by Crippen LogP contribution is 2.30. The van der Waals surface area contributed by atoms with Crippen molar-refractivity contribution in [3.05, 3.63) is 59.7 Å². The molecular weight excluding hydrogens is 336 g/mol. The van der Waals surface area contributed by atoms with E-state index in [2.05, 4.69) is 5.32 Å². The Hall–Kier alpha value is -3.35. The molecular formula is C19H16N2O5. The lowest BCUT2D eigenvalue weighted by molar-refractivity contribution is -0.121. The fourth-order valence-electron chi connectivity index (χ4n) is 2.97. The van der Waals surface area contributed by atoms with E-state index in [1.165, 1.54) is 0 Å². The minimum atomic E-state index is -0.452. The summed E-state index contributed by atoms with van der Waals surface area (Å²) in [5.41, 5.74) is 0.650. The van der Waals surface area contributed by atoms with Crippen LogP contribution >= 0.6 is 0 Å². The van der Waals surface area contributed by atoms with Crippen LogP contribution in [0.15, 0.2) is 48.5 Å². The summed E-state index contributed by atoms with van der Waals surface area (Å²) in [5, 5.41) is 2.69. The molecule has 0 unspecified atom stereocenters. The Kier molecular flexibility index (Phi) is 4.04. The molecule has 0 fully saturated rings. The minimum absolute atomic E-state index is 0.219. The lowest BCUT2D eigenvalue weighted by atomic mass is 10.1. The third kappa shape index (κ3) is 2.88. The van der Waals surface area contributed by atoms with E-state index in [0.717, 1.165) is 4.90 Å². The third-order valence-electron chi connectivity index (χ3n) is 4.27. The number of imide groups is 1. The van der Waals surface area contributed by atoms with Gasteiger partial charge in [-0.25, -0.2) is 0 Å². The van der Waals surface area contributed by atoms with Crippen LogP contribution in [0.25, 0.3) is 0 Å². The minimum Gasteiger partial charge on any atom is -0.486 e. The lowest BCUT2D eigenvalue weighted by Crippen LogP contribution is -2.45. The van der Waals surface area contributed by atoms with Gasteiger partial charge in [-0.1, -0.05) is 24.3 Å². The van der Waals surface area contributed by atoms with E-state index >= 15 is 0 Å². The van der Waals surface area contributed by atoms with Crippen molar-refractivity contribution < 1.29 is 23.9 Å². The van der Waals surface area contributed by atoms with Gasteiger partial charge in [-0.05, 0) is 24.3 Å². The molecule has 132 valence electrons. The Balaban J connectivity index is 1.33. The Morgan fingerprint density at radius 2 is 1.62 bits per heavy atom. The molecule has 0 aliphatic carbocycles. The van der Waals surface area contributed by atoms with Crippen molar-refractivity contribution in [3.63, 3.8) is 0 Å². The monoisotopic (exact) mass is 352 g/mol. The van der Waals surface area contributed by atoms with Gasteiger partial charge in [-0.3, -0.25) is 19.3 Å². The molecule has 1 atom stereocenters. The number of nitrogens with one attached hydrogen (secondary N) is 1. The van der Waals surface area contributed by atoms with Crippen LogP contribution in [0.3, 0.4) is 0 Å². The van der Waals surface area contributed by atoms with Crippen LogP contribution < -0.4 is 14.8 Å². The van der Waals surface area contributed by atoms with Crippen molar-refractivity contribution in [2.45, 2.75) is 6.10 Å². The first-order valence-electron chi connectivity index (χ1n) is 8.24. The number of amides is 3. The molecule has 0 radical (unpaired) electrons. The second-order valence-electron chi connectivity index (χ2n) is 6.04.